The summed E-state index contributed by atoms with van der Waals surface area (Å²) in [4.78, 5) is 12.2. The second-order valence-corrected chi connectivity index (χ2v) is 6.10. The molecule has 0 radical (unpaired) electrons. The van der Waals surface area contributed by atoms with E-state index in [-0.39, 0.29) is 5.91 Å². The minimum Gasteiger partial charge on any atom is -0.321 e. The van der Waals surface area contributed by atoms with Gasteiger partial charge >= 0.3 is 0 Å². The Bertz CT molecular complexity index is 643. The van der Waals surface area contributed by atoms with Gasteiger partial charge in [0.2, 0.25) is 0 Å². The van der Waals surface area contributed by atoms with Gasteiger partial charge < -0.3 is 5.32 Å². The molecule has 0 heterocycles. The van der Waals surface area contributed by atoms with Crippen LogP contribution in [0, 0.1) is 6.92 Å². The van der Waals surface area contributed by atoms with Crippen LogP contribution in [0.3, 0.4) is 0 Å². The fourth-order valence-electron chi connectivity index (χ4n) is 1.61. The molecule has 19 heavy (non-hydrogen) atoms. The SMILES string of the molecule is Cc1cccc(C(=O)Nc2cc(Cl)ccc2Br)c1Br. The topological polar surface area (TPSA) is 29.1 Å². The van der Waals surface area contributed by atoms with Crippen LogP contribution in [0.1, 0.15) is 15.9 Å². The third-order valence-corrected chi connectivity index (χ3v) is 4.59. The summed E-state index contributed by atoms with van der Waals surface area (Å²) in [6.45, 7) is 1.94. The summed E-state index contributed by atoms with van der Waals surface area (Å²) >= 11 is 12.7. The highest BCUT2D eigenvalue weighted by Gasteiger charge is 2.13. The molecule has 0 unspecified atom stereocenters. The lowest BCUT2D eigenvalue weighted by Crippen LogP contribution is -2.13. The van der Waals surface area contributed by atoms with E-state index in [0.29, 0.717) is 16.3 Å². The summed E-state index contributed by atoms with van der Waals surface area (Å²) in [6.07, 6.45) is 0. The highest BCUT2D eigenvalue weighted by atomic mass is 79.9. The van der Waals surface area contributed by atoms with Crippen LogP contribution >= 0.6 is 43.5 Å². The molecule has 0 aromatic heterocycles. The Kier molecular flexibility index (Phi) is 4.66. The number of aryl methyl sites for hydroxylation is 1. The van der Waals surface area contributed by atoms with Gasteiger partial charge in [-0.15, -0.1) is 0 Å². The molecule has 2 rings (SSSR count). The number of amides is 1. The van der Waals surface area contributed by atoms with Gasteiger partial charge in [0.25, 0.3) is 5.91 Å². The summed E-state index contributed by atoms with van der Waals surface area (Å²) in [5.74, 6) is -0.182. The zero-order valence-corrected chi connectivity index (χ0v) is 13.9. The molecule has 0 spiro atoms. The number of carbonyl (C=O) groups is 1. The van der Waals surface area contributed by atoms with Crippen LogP contribution in [0.25, 0.3) is 0 Å². The van der Waals surface area contributed by atoms with Gasteiger partial charge in [0.15, 0.2) is 0 Å². The second-order valence-electron chi connectivity index (χ2n) is 4.01. The Morgan fingerprint density at radius 1 is 1.21 bits per heavy atom. The summed E-state index contributed by atoms with van der Waals surface area (Å²) < 4.78 is 1.58. The summed E-state index contributed by atoms with van der Waals surface area (Å²) in [7, 11) is 0. The van der Waals surface area contributed by atoms with Crippen molar-refractivity contribution in [3.8, 4) is 0 Å². The number of halogens is 3. The largest absolute Gasteiger partial charge is 0.321 e. The third kappa shape index (κ3) is 3.38. The van der Waals surface area contributed by atoms with Gasteiger partial charge in [0.05, 0.1) is 11.3 Å². The average molecular weight is 404 g/mol. The standard InChI is InChI=1S/C14H10Br2ClNO/c1-8-3-2-4-10(13(8)16)14(19)18-12-7-9(17)5-6-11(12)15/h2-7H,1H3,(H,18,19). The van der Waals surface area contributed by atoms with Gasteiger partial charge in [-0.3, -0.25) is 4.79 Å². The first-order valence-electron chi connectivity index (χ1n) is 5.50. The molecule has 0 saturated carbocycles. The Morgan fingerprint density at radius 3 is 2.68 bits per heavy atom. The van der Waals surface area contributed by atoms with Crippen LogP contribution in [0.15, 0.2) is 45.3 Å². The monoisotopic (exact) mass is 401 g/mol. The van der Waals surface area contributed by atoms with Crippen molar-refractivity contribution in [1.29, 1.82) is 0 Å². The lowest BCUT2D eigenvalue weighted by Gasteiger charge is -2.10. The molecule has 5 heteroatoms. The van der Waals surface area contributed by atoms with E-state index in [1.54, 1.807) is 24.3 Å². The van der Waals surface area contributed by atoms with Gasteiger partial charge in [0.1, 0.15) is 0 Å². The van der Waals surface area contributed by atoms with Crippen LogP contribution in [0.5, 0.6) is 0 Å². The van der Waals surface area contributed by atoms with Crippen molar-refractivity contribution in [3.63, 3.8) is 0 Å². The number of nitrogens with one attached hydrogen (secondary N) is 1. The second kappa shape index (κ2) is 6.07. The van der Waals surface area contributed by atoms with Gasteiger partial charge in [0, 0.05) is 14.0 Å². The van der Waals surface area contributed by atoms with Crippen molar-refractivity contribution < 1.29 is 4.79 Å². The molecule has 2 aromatic rings. The summed E-state index contributed by atoms with van der Waals surface area (Å²) in [6, 6.07) is 10.8. The molecule has 1 amide bonds. The minimum atomic E-state index is -0.182. The molecule has 0 bridgehead atoms. The van der Waals surface area contributed by atoms with E-state index in [9.17, 15) is 4.79 Å². The van der Waals surface area contributed by atoms with E-state index in [4.69, 9.17) is 11.6 Å². The van der Waals surface area contributed by atoms with E-state index < -0.39 is 0 Å². The van der Waals surface area contributed by atoms with Crippen LogP contribution < -0.4 is 5.32 Å². The number of carbonyl (C=O) groups excluding carboxylic acids is 1. The molecule has 0 atom stereocenters. The van der Waals surface area contributed by atoms with Crippen LogP contribution in [-0.4, -0.2) is 5.91 Å². The number of hydrogen-bond donors (Lipinski definition) is 1. The van der Waals surface area contributed by atoms with Crippen molar-refractivity contribution in [1.82, 2.24) is 0 Å². The van der Waals surface area contributed by atoms with Gasteiger partial charge in [-0.1, -0.05) is 23.7 Å². The molecule has 0 aliphatic heterocycles. The van der Waals surface area contributed by atoms with Crippen LogP contribution in [-0.2, 0) is 0 Å². The average Bonchev–Trinajstić information content (AvgIpc) is 2.37. The zero-order valence-electron chi connectivity index (χ0n) is 10.0. The maximum Gasteiger partial charge on any atom is 0.256 e. The van der Waals surface area contributed by atoms with Crippen molar-refractivity contribution >= 4 is 55.1 Å². The molecular weight excluding hydrogens is 393 g/mol. The number of anilines is 1. The predicted molar refractivity (Wildman–Crippen MR) is 86.0 cm³/mol. The maximum absolute atomic E-state index is 12.2. The molecule has 0 aliphatic rings. The number of rotatable bonds is 2. The highest BCUT2D eigenvalue weighted by molar-refractivity contribution is 9.11. The Balaban J connectivity index is 2.31. The lowest BCUT2D eigenvalue weighted by atomic mass is 10.1. The molecule has 2 aromatic carbocycles. The molecular formula is C14H10Br2ClNO. The highest BCUT2D eigenvalue weighted by Crippen LogP contribution is 2.28. The maximum atomic E-state index is 12.2. The summed E-state index contributed by atoms with van der Waals surface area (Å²) in [5.41, 5.74) is 2.25. The molecule has 0 aliphatic carbocycles. The number of benzene rings is 2. The van der Waals surface area contributed by atoms with E-state index in [2.05, 4.69) is 37.2 Å². The first-order chi connectivity index (χ1) is 8.99. The Morgan fingerprint density at radius 2 is 1.95 bits per heavy atom. The van der Waals surface area contributed by atoms with Crippen LogP contribution in [0.4, 0.5) is 5.69 Å². The summed E-state index contributed by atoms with van der Waals surface area (Å²) in [5, 5.41) is 3.41. The first-order valence-corrected chi connectivity index (χ1v) is 7.47. The fraction of sp³-hybridized carbons (Fsp3) is 0.0714. The van der Waals surface area contributed by atoms with E-state index >= 15 is 0 Å². The van der Waals surface area contributed by atoms with Crippen LogP contribution in [0.2, 0.25) is 5.02 Å². The van der Waals surface area contributed by atoms with Gasteiger partial charge in [-0.2, -0.15) is 0 Å². The van der Waals surface area contributed by atoms with Crippen molar-refractivity contribution in [2.24, 2.45) is 0 Å². The van der Waals surface area contributed by atoms with E-state index in [0.717, 1.165) is 14.5 Å². The zero-order chi connectivity index (χ0) is 14.0. The fourth-order valence-corrected chi connectivity index (χ4v) is 2.57. The Hall–Kier alpha value is -0.840. The molecule has 0 saturated heterocycles. The molecule has 98 valence electrons. The molecule has 0 fully saturated rings. The molecule has 1 N–H and O–H groups in total. The normalized spacial score (nSPS) is 10.3. The van der Waals surface area contributed by atoms with Gasteiger partial charge in [-0.25, -0.2) is 0 Å². The van der Waals surface area contributed by atoms with Crippen molar-refractivity contribution in [2.45, 2.75) is 6.92 Å². The van der Waals surface area contributed by atoms with Crippen molar-refractivity contribution in [3.05, 3.63) is 61.5 Å². The third-order valence-electron chi connectivity index (χ3n) is 2.61. The van der Waals surface area contributed by atoms with Crippen molar-refractivity contribution in [2.75, 3.05) is 5.32 Å². The minimum absolute atomic E-state index is 0.182. The smallest absolute Gasteiger partial charge is 0.256 e. The first kappa shape index (κ1) is 14.6. The van der Waals surface area contributed by atoms with E-state index in [1.165, 1.54) is 0 Å². The lowest BCUT2D eigenvalue weighted by molar-refractivity contribution is 0.102. The quantitative estimate of drug-likeness (QED) is 0.712. The van der Waals surface area contributed by atoms with E-state index in [1.807, 2.05) is 19.1 Å². The van der Waals surface area contributed by atoms with Gasteiger partial charge in [-0.05, 0) is 68.6 Å². The Labute approximate surface area is 133 Å². The predicted octanol–water partition coefficient (Wildman–Crippen LogP) is 5.43. The number of hydrogen-bond acceptors (Lipinski definition) is 1. The molecule has 2 nitrogen and oxygen atoms in total.